The smallest absolute Gasteiger partial charge is 0.255 e. The zero-order valence-corrected chi connectivity index (χ0v) is 12.9. The lowest BCUT2D eigenvalue weighted by Crippen LogP contribution is -2.11. The molecule has 0 aliphatic rings. The van der Waals surface area contributed by atoms with E-state index in [1.807, 2.05) is 24.5 Å². The molecular formula is C15H13N3OS2. The summed E-state index contributed by atoms with van der Waals surface area (Å²) in [7, 11) is 0. The highest BCUT2D eigenvalue weighted by atomic mass is 32.2. The largest absolute Gasteiger partial charge is 0.399 e. The number of rotatable bonds is 3. The molecule has 6 heteroatoms. The van der Waals surface area contributed by atoms with Crippen molar-refractivity contribution in [3.63, 3.8) is 0 Å². The molecule has 0 aliphatic carbocycles. The Labute approximate surface area is 130 Å². The topological polar surface area (TPSA) is 68.0 Å². The number of aromatic nitrogens is 1. The van der Waals surface area contributed by atoms with Crippen molar-refractivity contribution in [1.29, 1.82) is 0 Å². The van der Waals surface area contributed by atoms with Crippen LogP contribution in [0, 0.1) is 0 Å². The first-order valence-electron chi connectivity index (χ1n) is 6.27. The van der Waals surface area contributed by atoms with E-state index < -0.39 is 0 Å². The van der Waals surface area contributed by atoms with E-state index in [1.165, 1.54) is 0 Å². The molecule has 0 aliphatic heterocycles. The molecule has 0 saturated heterocycles. The van der Waals surface area contributed by atoms with Crippen LogP contribution in [0.4, 0.5) is 11.4 Å². The number of nitrogens with two attached hydrogens (primary N) is 1. The van der Waals surface area contributed by atoms with Crippen LogP contribution in [0.25, 0.3) is 10.2 Å². The van der Waals surface area contributed by atoms with Crippen LogP contribution < -0.4 is 11.1 Å². The number of nitrogens with zero attached hydrogens (tertiary/aromatic N) is 1. The summed E-state index contributed by atoms with van der Waals surface area (Å²) in [5, 5.41) is 2.88. The number of hydrogen-bond acceptors (Lipinski definition) is 5. The second kappa shape index (κ2) is 5.75. The molecule has 0 atom stereocenters. The van der Waals surface area contributed by atoms with Crippen molar-refractivity contribution in [2.45, 2.75) is 4.34 Å². The zero-order chi connectivity index (χ0) is 14.8. The molecular weight excluding hydrogens is 302 g/mol. The van der Waals surface area contributed by atoms with Crippen LogP contribution in [-0.2, 0) is 0 Å². The van der Waals surface area contributed by atoms with Crippen LogP contribution in [0.2, 0.25) is 0 Å². The maximum atomic E-state index is 12.2. The molecule has 1 amide bonds. The zero-order valence-electron chi connectivity index (χ0n) is 11.3. The molecule has 0 bridgehead atoms. The lowest BCUT2D eigenvalue weighted by atomic mass is 10.2. The van der Waals surface area contributed by atoms with Crippen LogP contribution >= 0.6 is 23.1 Å². The fourth-order valence-electron chi connectivity index (χ4n) is 1.95. The third-order valence-electron chi connectivity index (χ3n) is 2.95. The van der Waals surface area contributed by atoms with E-state index >= 15 is 0 Å². The van der Waals surface area contributed by atoms with Crippen molar-refractivity contribution in [1.82, 2.24) is 4.98 Å². The Kier molecular flexibility index (Phi) is 3.81. The molecule has 0 spiro atoms. The molecule has 1 aromatic heterocycles. The maximum Gasteiger partial charge on any atom is 0.255 e. The van der Waals surface area contributed by atoms with E-state index in [9.17, 15) is 4.79 Å². The van der Waals surface area contributed by atoms with Gasteiger partial charge in [-0.15, -0.1) is 11.3 Å². The SMILES string of the molecule is CSc1nc2ccc(NC(=O)c3cccc(N)c3)cc2s1. The van der Waals surface area contributed by atoms with Crippen LogP contribution in [-0.4, -0.2) is 17.1 Å². The summed E-state index contributed by atoms with van der Waals surface area (Å²) < 4.78 is 2.08. The Bertz CT molecular complexity index is 814. The van der Waals surface area contributed by atoms with Gasteiger partial charge in [0.2, 0.25) is 0 Å². The predicted octanol–water partition coefficient (Wildman–Crippen LogP) is 3.85. The average molecular weight is 315 g/mol. The maximum absolute atomic E-state index is 12.2. The molecule has 3 N–H and O–H groups in total. The van der Waals surface area contributed by atoms with E-state index in [0.717, 1.165) is 20.2 Å². The van der Waals surface area contributed by atoms with Gasteiger partial charge in [-0.3, -0.25) is 4.79 Å². The summed E-state index contributed by atoms with van der Waals surface area (Å²) in [5.41, 5.74) is 8.52. The molecule has 3 aromatic rings. The third kappa shape index (κ3) is 3.01. The van der Waals surface area contributed by atoms with E-state index in [0.29, 0.717) is 11.3 Å². The van der Waals surface area contributed by atoms with E-state index in [-0.39, 0.29) is 5.91 Å². The number of nitrogens with one attached hydrogen (secondary N) is 1. The first kappa shape index (κ1) is 13.9. The highest BCUT2D eigenvalue weighted by molar-refractivity contribution is 8.00. The van der Waals surface area contributed by atoms with Gasteiger partial charge in [0.1, 0.15) is 0 Å². The Balaban J connectivity index is 1.85. The average Bonchev–Trinajstić information content (AvgIpc) is 2.89. The molecule has 3 rings (SSSR count). The minimum Gasteiger partial charge on any atom is -0.399 e. The van der Waals surface area contributed by atoms with Crippen molar-refractivity contribution in [3.05, 3.63) is 48.0 Å². The minimum absolute atomic E-state index is 0.170. The van der Waals surface area contributed by atoms with Gasteiger partial charge in [-0.05, 0) is 42.7 Å². The van der Waals surface area contributed by atoms with Gasteiger partial charge in [0.15, 0.2) is 4.34 Å². The van der Waals surface area contributed by atoms with Gasteiger partial charge in [0.05, 0.1) is 10.2 Å². The monoisotopic (exact) mass is 315 g/mol. The number of amides is 1. The standard InChI is InChI=1S/C15H13N3OS2/c1-20-15-18-12-6-5-11(8-13(12)21-15)17-14(19)9-3-2-4-10(16)7-9/h2-8H,16H2,1H3,(H,17,19). The van der Waals surface area contributed by atoms with Crippen LogP contribution in [0.5, 0.6) is 0 Å². The quantitative estimate of drug-likeness (QED) is 0.569. The predicted molar refractivity (Wildman–Crippen MR) is 90.2 cm³/mol. The van der Waals surface area contributed by atoms with Gasteiger partial charge in [0, 0.05) is 16.9 Å². The highest BCUT2D eigenvalue weighted by Crippen LogP contribution is 2.30. The number of carbonyl (C=O) groups is 1. The van der Waals surface area contributed by atoms with Gasteiger partial charge in [-0.25, -0.2) is 4.98 Å². The van der Waals surface area contributed by atoms with E-state index in [1.54, 1.807) is 47.4 Å². The Morgan fingerprint density at radius 1 is 1.29 bits per heavy atom. The molecule has 4 nitrogen and oxygen atoms in total. The fourth-order valence-corrected chi connectivity index (χ4v) is 3.48. The van der Waals surface area contributed by atoms with Gasteiger partial charge in [-0.2, -0.15) is 0 Å². The first-order valence-corrected chi connectivity index (χ1v) is 8.31. The van der Waals surface area contributed by atoms with E-state index in [2.05, 4.69) is 10.3 Å². The Hall–Kier alpha value is -2.05. The van der Waals surface area contributed by atoms with Crippen molar-refractivity contribution >= 4 is 50.6 Å². The summed E-state index contributed by atoms with van der Waals surface area (Å²) >= 11 is 3.24. The lowest BCUT2D eigenvalue weighted by molar-refractivity contribution is 0.102. The van der Waals surface area contributed by atoms with Crippen LogP contribution in [0.15, 0.2) is 46.8 Å². The number of benzene rings is 2. The summed E-state index contributed by atoms with van der Waals surface area (Å²) in [5.74, 6) is -0.170. The molecule has 106 valence electrons. The molecule has 21 heavy (non-hydrogen) atoms. The molecule has 0 radical (unpaired) electrons. The van der Waals surface area contributed by atoms with Gasteiger partial charge in [-0.1, -0.05) is 17.8 Å². The molecule has 2 aromatic carbocycles. The third-order valence-corrected chi connectivity index (χ3v) is 4.95. The van der Waals surface area contributed by atoms with E-state index in [4.69, 9.17) is 5.73 Å². The minimum atomic E-state index is -0.170. The van der Waals surface area contributed by atoms with Crippen LogP contribution in [0.3, 0.4) is 0 Å². The number of anilines is 2. The van der Waals surface area contributed by atoms with Crippen molar-refractivity contribution < 1.29 is 4.79 Å². The van der Waals surface area contributed by atoms with Gasteiger partial charge < -0.3 is 11.1 Å². The number of carbonyl (C=O) groups excluding carboxylic acids is 1. The molecule has 0 unspecified atom stereocenters. The Morgan fingerprint density at radius 2 is 2.14 bits per heavy atom. The van der Waals surface area contributed by atoms with Gasteiger partial charge >= 0.3 is 0 Å². The highest BCUT2D eigenvalue weighted by Gasteiger charge is 2.08. The number of thiazole rings is 1. The number of thioether (sulfide) groups is 1. The van der Waals surface area contributed by atoms with Crippen LogP contribution in [0.1, 0.15) is 10.4 Å². The second-order valence-electron chi connectivity index (χ2n) is 4.45. The second-order valence-corrected chi connectivity index (χ2v) is 6.53. The summed E-state index contributed by atoms with van der Waals surface area (Å²) in [6.45, 7) is 0. The fraction of sp³-hybridized carbons (Fsp3) is 0.0667. The van der Waals surface area contributed by atoms with Crippen molar-refractivity contribution in [3.8, 4) is 0 Å². The lowest BCUT2D eigenvalue weighted by Gasteiger charge is -2.05. The molecule has 1 heterocycles. The number of nitrogen functional groups attached to an aromatic ring is 1. The van der Waals surface area contributed by atoms with Crippen molar-refractivity contribution in [2.75, 3.05) is 17.3 Å². The normalized spacial score (nSPS) is 10.7. The van der Waals surface area contributed by atoms with Gasteiger partial charge in [0.25, 0.3) is 5.91 Å². The summed E-state index contributed by atoms with van der Waals surface area (Å²) in [6.07, 6.45) is 2.00. The van der Waals surface area contributed by atoms with Crippen molar-refractivity contribution in [2.24, 2.45) is 0 Å². The first-order chi connectivity index (χ1) is 10.2. The summed E-state index contributed by atoms with van der Waals surface area (Å²) in [4.78, 5) is 16.7. The summed E-state index contributed by atoms with van der Waals surface area (Å²) in [6, 6.07) is 12.6. The number of fused-ring (bicyclic) bond motifs is 1. The molecule has 0 fully saturated rings. The Morgan fingerprint density at radius 3 is 2.90 bits per heavy atom. The number of hydrogen-bond donors (Lipinski definition) is 2. The molecule has 0 saturated carbocycles.